The van der Waals surface area contributed by atoms with Crippen molar-refractivity contribution < 1.29 is 9.59 Å². The Hall–Kier alpha value is -3.21. The molecule has 3 fully saturated rings. The Bertz CT molecular complexity index is 994. The van der Waals surface area contributed by atoms with Crippen molar-refractivity contribution in [2.75, 3.05) is 29.9 Å². The zero-order chi connectivity index (χ0) is 23.5. The van der Waals surface area contributed by atoms with Crippen LogP contribution >= 0.6 is 0 Å². The Morgan fingerprint density at radius 3 is 2.62 bits per heavy atom. The highest BCUT2D eigenvalue weighted by Crippen LogP contribution is 2.27. The Morgan fingerprint density at radius 1 is 1.12 bits per heavy atom. The lowest BCUT2D eigenvalue weighted by Gasteiger charge is -2.46. The number of hydrogen-bond acceptors (Lipinski definition) is 8. The number of primary amides is 1. The molecule has 7 N–H and O–H groups in total. The van der Waals surface area contributed by atoms with E-state index in [9.17, 15) is 9.59 Å². The van der Waals surface area contributed by atoms with Crippen LogP contribution in [0.2, 0.25) is 0 Å². The van der Waals surface area contributed by atoms with Gasteiger partial charge in [0.1, 0.15) is 5.82 Å². The minimum absolute atomic E-state index is 0.0216. The predicted molar refractivity (Wildman–Crippen MR) is 129 cm³/mol. The van der Waals surface area contributed by atoms with Crippen molar-refractivity contribution in [2.45, 2.75) is 37.6 Å². The normalized spacial score (nSPS) is 27.5. The summed E-state index contributed by atoms with van der Waals surface area (Å²) in [5, 5.41) is 10.6. The molecule has 0 saturated carbocycles. The second kappa shape index (κ2) is 9.96. The van der Waals surface area contributed by atoms with Crippen LogP contribution in [0.5, 0.6) is 0 Å². The average Bonchev–Trinajstić information content (AvgIpc) is 2.85. The van der Waals surface area contributed by atoms with Crippen molar-refractivity contribution in [3.05, 3.63) is 54.2 Å². The Kier molecular flexibility index (Phi) is 6.61. The molecular weight excluding hydrogens is 432 g/mol. The molecule has 180 valence electrons. The van der Waals surface area contributed by atoms with Crippen LogP contribution in [0.3, 0.4) is 0 Å². The molecule has 3 saturated heterocycles. The molecule has 0 radical (unpaired) electrons. The van der Waals surface area contributed by atoms with E-state index in [0.717, 1.165) is 43.0 Å². The largest absolute Gasteiger partial charge is 0.370 e. The van der Waals surface area contributed by atoms with Crippen molar-refractivity contribution in [3.8, 4) is 0 Å². The van der Waals surface area contributed by atoms with Crippen LogP contribution in [-0.2, 0) is 9.59 Å². The standard InChI is InChI=1S/C24H32N8O2/c25-19(33)12-15-8-10-32(11-9-15)20-7-6-17(13-26-20)28-23-21-18(14-27-31-24(21)34)29-22(30-23)16-4-2-1-3-5-16/h1-7,13,15,18,21-23,27-30H,8-12,14H2,(H2,25,33)(H,31,34). The molecule has 10 nitrogen and oxygen atoms in total. The first-order valence-corrected chi connectivity index (χ1v) is 11.9. The number of anilines is 2. The second-order valence-electron chi connectivity index (χ2n) is 9.31. The second-order valence-corrected chi connectivity index (χ2v) is 9.31. The molecule has 4 atom stereocenters. The average molecular weight is 465 g/mol. The summed E-state index contributed by atoms with van der Waals surface area (Å²) in [6.45, 7) is 2.37. The molecule has 34 heavy (non-hydrogen) atoms. The van der Waals surface area contributed by atoms with Gasteiger partial charge in [0.15, 0.2) is 0 Å². The molecule has 5 rings (SSSR count). The van der Waals surface area contributed by atoms with Gasteiger partial charge < -0.3 is 16.0 Å². The van der Waals surface area contributed by atoms with E-state index in [1.165, 1.54) is 0 Å². The third-order valence-electron chi connectivity index (χ3n) is 6.99. The van der Waals surface area contributed by atoms with Crippen LogP contribution in [0.4, 0.5) is 11.5 Å². The van der Waals surface area contributed by atoms with Crippen molar-refractivity contribution in [2.24, 2.45) is 17.6 Å². The molecule has 1 aromatic carbocycles. The quantitative estimate of drug-likeness (QED) is 0.362. The highest BCUT2D eigenvalue weighted by Gasteiger charge is 2.44. The molecule has 0 aliphatic carbocycles. The van der Waals surface area contributed by atoms with Gasteiger partial charge in [0, 0.05) is 32.1 Å². The molecule has 1 aromatic heterocycles. The van der Waals surface area contributed by atoms with Gasteiger partial charge in [0.2, 0.25) is 11.8 Å². The number of nitrogens with zero attached hydrogens (tertiary/aromatic N) is 2. The zero-order valence-corrected chi connectivity index (χ0v) is 19.0. The molecular formula is C24H32N8O2. The maximum absolute atomic E-state index is 12.7. The number of hydrogen-bond donors (Lipinski definition) is 6. The summed E-state index contributed by atoms with van der Waals surface area (Å²) in [4.78, 5) is 30.8. The zero-order valence-electron chi connectivity index (χ0n) is 19.0. The number of amides is 2. The third-order valence-corrected chi connectivity index (χ3v) is 6.99. The molecule has 3 aliphatic heterocycles. The summed E-state index contributed by atoms with van der Waals surface area (Å²) < 4.78 is 0. The Labute approximate surface area is 199 Å². The van der Waals surface area contributed by atoms with E-state index in [-0.39, 0.29) is 36.1 Å². The van der Waals surface area contributed by atoms with Crippen LogP contribution in [0, 0.1) is 11.8 Å². The fraction of sp³-hybridized carbons (Fsp3) is 0.458. The number of pyridine rings is 1. The maximum atomic E-state index is 12.7. The number of carbonyl (C=O) groups is 2. The van der Waals surface area contributed by atoms with Crippen molar-refractivity contribution >= 4 is 23.3 Å². The summed E-state index contributed by atoms with van der Waals surface area (Å²) in [6, 6.07) is 14.2. The van der Waals surface area contributed by atoms with E-state index in [4.69, 9.17) is 5.73 Å². The molecule has 10 heteroatoms. The summed E-state index contributed by atoms with van der Waals surface area (Å²) in [5.41, 5.74) is 13.1. The van der Waals surface area contributed by atoms with Crippen LogP contribution < -0.4 is 37.4 Å². The van der Waals surface area contributed by atoms with Crippen LogP contribution in [0.1, 0.15) is 31.0 Å². The van der Waals surface area contributed by atoms with Crippen molar-refractivity contribution in [1.82, 2.24) is 26.5 Å². The number of carbonyl (C=O) groups excluding carboxylic acids is 2. The minimum Gasteiger partial charge on any atom is -0.370 e. The van der Waals surface area contributed by atoms with Crippen LogP contribution in [0.25, 0.3) is 0 Å². The number of piperidine rings is 1. The van der Waals surface area contributed by atoms with E-state index in [1.54, 1.807) is 0 Å². The first kappa shape index (κ1) is 22.6. The minimum atomic E-state index is -0.287. The number of nitrogens with one attached hydrogen (secondary N) is 5. The van der Waals surface area contributed by atoms with E-state index in [2.05, 4.69) is 48.8 Å². The van der Waals surface area contributed by atoms with Gasteiger partial charge >= 0.3 is 0 Å². The molecule has 0 bridgehead atoms. The maximum Gasteiger partial charge on any atom is 0.242 e. The Morgan fingerprint density at radius 2 is 1.91 bits per heavy atom. The molecule has 0 spiro atoms. The van der Waals surface area contributed by atoms with Gasteiger partial charge in [-0.2, -0.15) is 0 Å². The van der Waals surface area contributed by atoms with Gasteiger partial charge in [-0.1, -0.05) is 30.3 Å². The fourth-order valence-corrected chi connectivity index (χ4v) is 5.19. The predicted octanol–water partition coefficient (Wildman–Crippen LogP) is 0.422. The molecule has 2 aromatic rings. The first-order chi connectivity index (χ1) is 16.6. The molecule has 2 amide bonds. The third kappa shape index (κ3) is 4.98. The number of rotatable bonds is 6. The number of nitrogens with two attached hydrogens (primary N) is 1. The number of fused-ring (bicyclic) bond motifs is 1. The van der Waals surface area contributed by atoms with Gasteiger partial charge in [-0.3, -0.25) is 25.6 Å². The topological polar surface area (TPSA) is 136 Å². The molecule has 4 heterocycles. The van der Waals surface area contributed by atoms with Gasteiger partial charge in [0.05, 0.1) is 30.1 Å². The summed E-state index contributed by atoms with van der Waals surface area (Å²) in [7, 11) is 0. The van der Waals surface area contributed by atoms with E-state index >= 15 is 0 Å². The Balaban J connectivity index is 1.26. The van der Waals surface area contributed by atoms with Crippen LogP contribution in [-0.4, -0.2) is 48.6 Å². The van der Waals surface area contributed by atoms with E-state index < -0.39 is 0 Å². The number of aromatic nitrogens is 1. The summed E-state index contributed by atoms with van der Waals surface area (Å²) >= 11 is 0. The van der Waals surface area contributed by atoms with Crippen molar-refractivity contribution in [1.29, 1.82) is 0 Å². The monoisotopic (exact) mass is 464 g/mol. The lowest BCUT2D eigenvalue weighted by Crippen LogP contribution is -2.71. The van der Waals surface area contributed by atoms with E-state index in [1.807, 2.05) is 36.5 Å². The number of hydrazine groups is 1. The fourth-order valence-electron chi connectivity index (χ4n) is 5.19. The molecule has 3 aliphatic rings. The summed E-state index contributed by atoms with van der Waals surface area (Å²) in [5.74, 6) is 0.717. The highest BCUT2D eigenvalue weighted by atomic mass is 16.2. The van der Waals surface area contributed by atoms with Gasteiger partial charge in [-0.25, -0.2) is 10.4 Å². The first-order valence-electron chi connectivity index (χ1n) is 11.9. The SMILES string of the molecule is NC(=O)CC1CCN(c2ccc(NC3NC(c4ccccc4)NC4CNNC(=O)C43)cn2)CC1. The lowest BCUT2D eigenvalue weighted by molar-refractivity contribution is -0.131. The smallest absolute Gasteiger partial charge is 0.242 e. The van der Waals surface area contributed by atoms with E-state index in [0.29, 0.717) is 18.9 Å². The summed E-state index contributed by atoms with van der Waals surface area (Å²) in [6.07, 6.45) is 3.81. The van der Waals surface area contributed by atoms with Gasteiger partial charge in [0.25, 0.3) is 0 Å². The highest BCUT2D eigenvalue weighted by molar-refractivity contribution is 5.81. The number of benzene rings is 1. The van der Waals surface area contributed by atoms with Gasteiger partial charge in [-0.05, 0) is 36.5 Å². The van der Waals surface area contributed by atoms with Gasteiger partial charge in [-0.15, -0.1) is 0 Å². The van der Waals surface area contributed by atoms with Crippen LogP contribution in [0.15, 0.2) is 48.7 Å². The van der Waals surface area contributed by atoms with Crippen molar-refractivity contribution in [3.63, 3.8) is 0 Å². The lowest BCUT2D eigenvalue weighted by atomic mass is 9.89. The molecule has 4 unspecified atom stereocenters.